The minimum atomic E-state index is -0.604. The summed E-state index contributed by atoms with van der Waals surface area (Å²) in [4.78, 5) is 45.2. The van der Waals surface area contributed by atoms with Crippen LogP contribution in [0.5, 0.6) is 0 Å². The first-order valence-corrected chi connectivity index (χ1v) is 15.3. The molecule has 44 heavy (non-hydrogen) atoms. The maximum Gasteiger partial charge on any atom is 0.410 e. The van der Waals surface area contributed by atoms with Crippen molar-refractivity contribution in [2.24, 2.45) is 0 Å². The van der Waals surface area contributed by atoms with E-state index in [4.69, 9.17) is 21.3 Å². The molecule has 2 fully saturated rings. The van der Waals surface area contributed by atoms with E-state index in [0.29, 0.717) is 35.6 Å². The molecule has 2 aliphatic heterocycles. The van der Waals surface area contributed by atoms with E-state index < -0.39 is 17.1 Å². The number of halogens is 2. The maximum atomic E-state index is 15.0. The highest BCUT2D eigenvalue weighted by Gasteiger charge is 2.44. The number of anilines is 1. The molecular weight excluding hydrogens is 583 g/mol. The van der Waals surface area contributed by atoms with Crippen molar-refractivity contribution in [1.82, 2.24) is 24.4 Å². The summed E-state index contributed by atoms with van der Waals surface area (Å²) in [6.45, 7) is 12.4. The Balaban J connectivity index is 1.56. The molecule has 2 atom stereocenters. The summed E-state index contributed by atoms with van der Waals surface area (Å²) in [5, 5.41) is 0.804. The van der Waals surface area contributed by atoms with Crippen molar-refractivity contribution in [3.05, 3.63) is 75.2 Å². The van der Waals surface area contributed by atoms with Crippen LogP contribution in [0.4, 0.5) is 15.0 Å². The van der Waals surface area contributed by atoms with E-state index in [1.54, 1.807) is 35.4 Å². The number of aromatic nitrogens is 4. The van der Waals surface area contributed by atoms with Gasteiger partial charge in [-0.15, -0.1) is 0 Å². The normalized spacial score (nSPS) is 18.4. The second kappa shape index (κ2) is 11.1. The maximum absolute atomic E-state index is 15.0. The molecule has 0 aliphatic carbocycles. The van der Waals surface area contributed by atoms with Gasteiger partial charge in [0.1, 0.15) is 17.2 Å². The van der Waals surface area contributed by atoms with Crippen molar-refractivity contribution in [3.8, 4) is 16.9 Å². The molecule has 3 aromatic heterocycles. The fourth-order valence-electron chi connectivity index (χ4n) is 6.36. The molecule has 9 nitrogen and oxygen atoms in total. The third-order valence-corrected chi connectivity index (χ3v) is 8.52. The van der Waals surface area contributed by atoms with Gasteiger partial charge in [0.05, 0.1) is 27.5 Å². The number of hydrogen-bond donors (Lipinski definition) is 0. The minimum Gasteiger partial charge on any atom is -0.444 e. The van der Waals surface area contributed by atoms with Crippen molar-refractivity contribution >= 4 is 34.5 Å². The molecule has 2 bridgehead atoms. The Bertz CT molecular complexity index is 1820. The lowest BCUT2D eigenvalue weighted by Crippen LogP contribution is -2.56. The number of benzene rings is 1. The van der Waals surface area contributed by atoms with Crippen LogP contribution in [0.25, 0.3) is 28.0 Å². The Morgan fingerprint density at radius 3 is 2.41 bits per heavy atom. The lowest BCUT2D eigenvalue weighted by molar-refractivity contribution is 0.0209. The summed E-state index contributed by atoms with van der Waals surface area (Å²) in [7, 11) is 0. The average Bonchev–Trinajstić information content (AvgIpc) is 3.20. The van der Waals surface area contributed by atoms with Crippen LogP contribution in [0.2, 0.25) is 5.02 Å². The van der Waals surface area contributed by atoms with E-state index in [0.717, 1.165) is 24.1 Å². The Morgan fingerprint density at radius 2 is 1.77 bits per heavy atom. The van der Waals surface area contributed by atoms with Crippen LogP contribution < -0.4 is 10.6 Å². The van der Waals surface area contributed by atoms with Gasteiger partial charge in [0.15, 0.2) is 5.65 Å². The lowest BCUT2D eigenvalue weighted by atomic mass is 10.0. The van der Waals surface area contributed by atoms with Crippen molar-refractivity contribution in [1.29, 1.82) is 0 Å². The van der Waals surface area contributed by atoms with Gasteiger partial charge < -0.3 is 14.5 Å². The first kappa shape index (κ1) is 30.0. The van der Waals surface area contributed by atoms with Gasteiger partial charge in [-0.3, -0.25) is 4.98 Å². The quantitative estimate of drug-likeness (QED) is 0.253. The third-order valence-electron chi connectivity index (χ3n) is 8.23. The van der Waals surface area contributed by atoms with Crippen molar-refractivity contribution in [3.63, 3.8) is 0 Å². The highest BCUT2D eigenvalue weighted by Crippen LogP contribution is 2.40. The summed E-state index contributed by atoms with van der Waals surface area (Å²) in [5.74, 6) is -0.0116. The second-order valence-electron chi connectivity index (χ2n) is 12.9. The largest absolute Gasteiger partial charge is 0.444 e. The number of aryl methyl sites for hydroxylation is 1. The zero-order chi connectivity index (χ0) is 31.5. The number of carbonyl (C=O) groups excluding carboxylic acids is 1. The number of nitrogens with zero attached hydrogens (tertiary/aromatic N) is 6. The van der Waals surface area contributed by atoms with E-state index in [-0.39, 0.29) is 40.4 Å². The molecule has 5 heterocycles. The Kier molecular flexibility index (Phi) is 7.60. The standard InChI is InChI=1S/C33H36ClFN6O3/c1-18(2)26-28(19(3)13-14-36-26)41-29-23(15-24(34)27(37-29)22-9-7-8-10-25(22)35)30(38-31(41)42)40-20-11-12-21(40)17-39(16-20)32(43)44-33(4,5)6/h7-10,13-15,18,20-21H,11-12,16-17H2,1-6H3. The summed E-state index contributed by atoms with van der Waals surface area (Å²) >= 11 is 6.84. The molecule has 1 amide bonds. The average molecular weight is 619 g/mol. The zero-order valence-corrected chi connectivity index (χ0v) is 26.5. The van der Waals surface area contributed by atoms with E-state index in [1.807, 2.05) is 47.6 Å². The van der Waals surface area contributed by atoms with Gasteiger partial charge >= 0.3 is 11.8 Å². The summed E-state index contributed by atoms with van der Waals surface area (Å²) in [6.07, 6.45) is 3.02. The Hall–Kier alpha value is -4.05. The molecule has 0 spiro atoms. The lowest BCUT2D eigenvalue weighted by Gasteiger charge is -2.42. The van der Waals surface area contributed by atoms with Crippen LogP contribution in [-0.2, 0) is 4.74 Å². The Morgan fingerprint density at radius 1 is 1.09 bits per heavy atom. The van der Waals surface area contributed by atoms with Gasteiger partial charge in [-0.1, -0.05) is 37.6 Å². The number of pyridine rings is 2. The number of carbonyl (C=O) groups is 1. The predicted octanol–water partition coefficient (Wildman–Crippen LogP) is 6.66. The molecule has 6 rings (SSSR count). The van der Waals surface area contributed by atoms with Crippen molar-refractivity contribution in [2.75, 3.05) is 18.0 Å². The van der Waals surface area contributed by atoms with Crippen LogP contribution in [0.15, 0.2) is 47.4 Å². The first-order chi connectivity index (χ1) is 20.8. The van der Waals surface area contributed by atoms with Gasteiger partial charge in [-0.05, 0) is 76.3 Å². The fourth-order valence-corrected chi connectivity index (χ4v) is 6.61. The van der Waals surface area contributed by atoms with Crippen LogP contribution in [0.1, 0.15) is 64.6 Å². The smallest absolute Gasteiger partial charge is 0.410 e. The number of ether oxygens (including phenoxy) is 1. The molecule has 2 unspecified atom stereocenters. The SMILES string of the molecule is Cc1ccnc(C(C)C)c1-n1c(=O)nc(N2C3CCC2CN(C(=O)OC(C)(C)C)C3)c2cc(Cl)c(-c3ccccc3F)nc21. The third kappa shape index (κ3) is 5.29. The molecule has 0 N–H and O–H groups in total. The van der Waals surface area contributed by atoms with Crippen LogP contribution in [0.3, 0.4) is 0 Å². The molecule has 11 heteroatoms. The van der Waals surface area contributed by atoms with Gasteiger partial charge in [0.25, 0.3) is 0 Å². The molecule has 1 aromatic carbocycles. The summed E-state index contributed by atoms with van der Waals surface area (Å²) in [5.41, 5.74) is 1.80. The Labute approximate surface area is 260 Å². The molecule has 2 aliphatic rings. The molecule has 0 radical (unpaired) electrons. The molecule has 230 valence electrons. The highest BCUT2D eigenvalue weighted by atomic mass is 35.5. The van der Waals surface area contributed by atoms with Gasteiger partial charge in [0.2, 0.25) is 0 Å². The van der Waals surface area contributed by atoms with Gasteiger partial charge in [-0.2, -0.15) is 4.98 Å². The molecule has 2 saturated heterocycles. The fraction of sp³-hybridized carbons (Fsp3) is 0.424. The number of hydrogen-bond acceptors (Lipinski definition) is 7. The zero-order valence-electron chi connectivity index (χ0n) is 25.8. The highest BCUT2D eigenvalue weighted by molar-refractivity contribution is 6.33. The van der Waals surface area contributed by atoms with E-state index in [9.17, 15) is 9.59 Å². The van der Waals surface area contributed by atoms with Gasteiger partial charge in [-0.25, -0.2) is 23.5 Å². The molecule has 0 saturated carbocycles. The number of likely N-dealkylation sites (tertiary alicyclic amines) is 1. The van der Waals surface area contributed by atoms with Crippen LogP contribution in [-0.4, -0.2) is 61.3 Å². The van der Waals surface area contributed by atoms with Crippen molar-refractivity contribution in [2.45, 2.75) is 78.0 Å². The van der Waals surface area contributed by atoms with Gasteiger partial charge in [0, 0.05) is 36.9 Å². The van der Waals surface area contributed by atoms with Crippen LogP contribution >= 0.6 is 11.6 Å². The number of rotatable bonds is 4. The molecular formula is C33H36ClFN6O3. The van der Waals surface area contributed by atoms with Crippen LogP contribution in [0, 0.1) is 12.7 Å². The summed E-state index contributed by atoms with van der Waals surface area (Å²) < 4.78 is 22.2. The van der Waals surface area contributed by atoms with Crippen molar-refractivity contribution < 1.29 is 13.9 Å². The monoisotopic (exact) mass is 618 g/mol. The minimum absolute atomic E-state index is 0.00152. The van der Waals surface area contributed by atoms with E-state index >= 15 is 4.39 Å². The number of fused-ring (bicyclic) bond motifs is 3. The second-order valence-corrected chi connectivity index (χ2v) is 13.3. The van der Waals surface area contributed by atoms with E-state index in [1.165, 1.54) is 10.6 Å². The topological polar surface area (TPSA) is 93.5 Å². The number of amides is 1. The summed E-state index contributed by atoms with van der Waals surface area (Å²) in [6, 6.07) is 9.70. The predicted molar refractivity (Wildman–Crippen MR) is 169 cm³/mol. The number of piperazine rings is 1. The molecule has 4 aromatic rings. The van der Waals surface area contributed by atoms with E-state index in [2.05, 4.69) is 14.9 Å². The first-order valence-electron chi connectivity index (χ1n) is 14.9.